The molecular weight excluding hydrogens is 384 g/mol. The Labute approximate surface area is 145 Å². The molecule has 2 heterocycles. The summed E-state index contributed by atoms with van der Waals surface area (Å²) in [6.07, 6.45) is 1.72. The van der Waals surface area contributed by atoms with Gasteiger partial charge >= 0.3 is 0 Å². The lowest BCUT2D eigenvalue weighted by Gasteiger charge is -2.08. The van der Waals surface area contributed by atoms with Gasteiger partial charge in [-0.25, -0.2) is 0 Å². The fraction of sp³-hybridized carbons (Fsp3) is 0.214. The van der Waals surface area contributed by atoms with Gasteiger partial charge in [0, 0.05) is 22.6 Å². The maximum Gasteiger partial charge on any atom is 0.286 e. The third-order valence-corrected chi connectivity index (χ3v) is 4.33. The van der Waals surface area contributed by atoms with Crippen LogP contribution < -0.4 is 16.2 Å². The molecule has 0 aliphatic heterocycles. The summed E-state index contributed by atoms with van der Waals surface area (Å²) < 4.78 is 2.38. The van der Waals surface area contributed by atoms with Crippen molar-refractivity contribution in [3.8, 4) is 0 Å². The second kappa shape index (κ2) is 7.42. The first-order chi connectivity index (χ1) is 10.9. The van der Waals surface area contributed by atoms with E-state index in [1.54, 1.807) is 29.9 Å². The average molecular weight is 399 g/mol. The van der Waals surface area contributed by atoms with Crippen molar-refractivity contribution in [3.63, 3.8) is 0 Å². The van der Waals surface area contributed by atoms with Crippen molar-refractivity contribution in [2.45, 2.75) is 6.92 Å². The lowest BCUT2D eigenvalue weighted by atomic mass is 10.4. The molecule has 0 spiro atoms. The third-order valence-electron chi connectivity index (χ3n) is 2.89. The lowest BCUT2D eigenvalue weighted by Crippen LogP contribution is -2.46. The van der Waals surface area contributed by atoms with Gasteiger partial charge in [0.1, 0.15) is 5.69 Å². The van der Waals surface area contributed by atoms with Crippen molar-refractivity contribution in [2.24, 2.45) is 7.05 Å². The molecule has 0 aliphatic rings. The summed E-state index contributed by atoms with van der Waals surface area (Å²) in [4.78, 5) is 36.9. The molecular formula is C14H15BrN4O3S. The number of aryl methyl sites for hydroxylation is 2. The van der Waals surface area contributed by atoms with E-state index in [1.165, 1.54) is 11.3 Å². The van der Waals surface area contributed by atoms with E-state index in [9.17, 15) is 14.4 Å². The van der Waals surface area contributed by atoms with Crippen molar-refractivity contribution in [1.29, 1.82) is 0 Å². The van der Waals surface area contributed by atoms with Crippen LogP contribution in [0, 0.1) is 6.92 Å². The molecule has 2 aromatic heterocycles. The Balaban J connectivity index is 1.78. The van der Waals surface area contributed by atoms with Crippen molar-refractivity contribution in [2.75, 3.05) is 6.54 Å². The highest BCUT2D eigenvalue weighted by molar-refractivity contribution is 9.10. The Bertz CT molecular complexity index is 753. The predicted molar refractivity (Wildman–Crippen MR) is 90.1 cm³/mol. The molecule has 0 saturated carbocycles. The summed E-state index contributed by atoms with van der Waals surface area (Å²) in [5.41, 5.74) is 4.93. The normalized spacial score (nSPS) is 10.2. The van der Waals surface area contributed by atoms with E-state index in [4.69, 9.17) is 0 Å². The summed E-state index contributed by atoms with van der Waals surface area (Å²) in [5.74, 6) is -1.30. The Morgan fingerprint density at radius 1 is 1.22 bits per heavy atom. The maximum absolute atomic E-state index is 11.9. The number of nitrogens with zero attached hydrogens (tertiary/aromatic N) is 1. The van der Waals surface area contributed by atoms with Crippen molar-refractivity contribution < 1.29 is 14.4 Å². The predicted octanol–water partition coefficient (Wildman–Crippen LogP) is 1.35. The van der Waals surface area contributed by atoms with Gasteiger partial charge in [-0.2, -0.15) is 0 Å². The Kier molecular flexibility index (Phi) is 5.56. The zero-order chi connectivity index (χ0) is 17.0. The molecule has 0 aliphatic carbocycles. The van der Waals surface area contributed by atoms with Crippen molar-refractivity contribution in [1.82, 2.24) is 20.7 Å². The van der Waals surface area contributed by atoms with Gasteiger partial charge in [0.25, 0.3) is 17.7 Å². The van der Waals surface area contributed by atoms with E-state index in [0.717, 1.165) is 9.35 Å². The van der Waals surface area contributed by atoms with E-state index in [-0.39, 0.29) is 12.5 Å². The molecule has 0 saturated heterocycles. The van der Waals surface area contributed by atoms with Crippen molar-refractivity contribution >= 4 is 45.0 Å². The zero-order valence-corrected chi connectivity index (χ0v) is 14.9. The average Bonchev–Trinajstić information content (AvgIpc) is 3.07. The van der Waals surface area contributed by atoms with Gasteiger partial charge in [-0.15, -0.1) is 11.3 Å². The molecule has 23 heavy (non-hydrogen) atoms. The number of carbonyl (C=O) groups excluding carboxylic acids is 3. The van der Waals surface area contributed by atoms with Crippen LogP contribution in [0.3, 0.4) is 0 Å². The molecule has 2 aromatic rings. The number of halogens is 1. The molecule has 0 aromatic carbocycles. The Hall–Kier alpha value is -2.13. The number of hydrogen-bond donors (Lipinski definition) is 3. The maximum atomic E-state index is 11.9. The number of hydrogen-bond acceptors (Lipinski definition) is 4. The Morgan fingerprint density at radius 2 is 1.96 bits per heavy atom. The quantitative estimate of drug-likeness (QED) is 0.678. The highest BCUT2D eigenvalue weighted by Crippen LogP contribution is 2.14. The minimum absolute atomic E-state index is 0.229. The summed E-state index contributed by atoms with van der Waals surface area (Å²) >= 11 is 4.61. The van der Waals surface area contributed by atoms with Crippen LogP contribution in [0.4, 0.5) is 0 Å². The van der Waals surface area contributed by atoms with Crippen LogP contribution in [0.1, 0.15) is 25.0 Å². The van der Waals surface area contributed by atoms with Gasteiger partial charge in [0.2, 0.25) is 0 Å². The van der Waals surface area contributed by atoms with E-state index in [2.05, 4.69) is 32.1 Å². The minimum atomic E-state index is -0.520. The minimum Gasteiger partial charge on any atom is -0.345 e. The number of rotatable bonds is 4. The molecule has 0 atom stereocenters. The number of nitrogens with one attached hydrogen (secondary N) is 3. The van der Waals surface area contributed by atoms with Crippen LogP contribution in [-0.2, 0) is 11.8 Å². The van der Waals surface area contributed by atoms with Gasteiger partial charge in [0.15, 0.2) is 0 Å². The van der Waals surface area contributed by atoms with Crippen LogP contribution in [0.15, 0.2) is 28.9 Å². The van der Waals surface area contributed by atoms with E-state index < -0.39 is 11.8 Å². The molecule has 3 amide bonds. The second-order valence-electron chi connectivity index (χ2n) is 4.75. The van der Waals surface area contributed by atoms with E-state index >= 15 is 0 Å². The van der Waals surface area contributed by atoms with Crippen molar-refractivity contribution in [3.05, 3.63) is 44.3 Å². The highest BCUT2D eigenvalue weighted by Gasteiger charge is 2.13. The fourth-order valence-electron chi connectivity index (χ4n) is 1.79. The number of thiophene rings is 1. The summed E-state index contributed by atoms with van der Waals surface area (Å²) in [6, 6.07) is 5.16. The molecule has 0 unspecified atom stereocenters. The largest absolute Gasteiger partial charge is 0.345 e. The van der Waals surface area contributed by atoms with Gasteiger partial charge in [-0.05, 0) is 41.1 Å². The molecule has 7 nitrogen and oxygen atoms in total. The monoisotopic (exact) mass is 398 g/mol. The molecule has 0 radical (unpaired) electrons. The zero-order valence-electron chi connectivity index (χ0n) is 12.5. The molecule has 9 heteroatoms. The van der Waals surface area contributed by atoms with Gasteiger partial charge in [-0.3, -0.25) is 25.2 Å². The summed E-state index contributed by atoms with van der Waals surface area (Å²) in [7, 11) is 1.71. The lowest BCUT2D eigenvalue weighted by molar-refractivity contribution is -0.120. The SMILES string of the molecule is Cc1ccc(C(=O)NCC(=O)NNC(=O)c2cc(Br)cn2C)s1. The van der Waals surface area contributed by atoms with E-state index in [1.807, 2.05) is 13.0 Å². The van der Waals surface area contributed by atoms with E-state index in [0.29, 0.717) is 10.6 Å². The first-order valence-electron chi connectivity index (χ1n) is 6.62. The summed E-state index contributed by atoms with van der Waals surface area (Å²) in [6.45, 7) is 1.67. The number of hydrazine groups is 1. The molecule has 0 fully saturated rings. The number of amides is 3. The van der Waals surface area contributed by atoms with Crippen LogP contribution in [0.25, 0.3) is 0 Å². The van der Waals surface area contributed by atoms with Crippen LogP contribution in [0.2, 0.25) is 0 Å². The number of aromatic nitrogens is 1. The first-order valence-corrected chi connectivity index (χ1v) is 8.23. The topological polar surface area (TPSA) is 92.2 Å². The summed E-state index contributed by atoms with van der Waals surface area (Å²) in [5, 5.41) is 2.49. The molecule has 122 valence electrons. The fourth-order valence-corrected chi connectivity index (χ4v) is 3.10. The standard InChI is InChI=1S/C14H15BrN4O3S/c1-8-3-4-11(23-8)14(22)16-6-12(20)17-18-13(21)10-5-9(15)7-19(10)2/h3-5,7H,6H2,1-2H3,(H,16,22)(H,17,20)(H,18,21). The Morgan fingerprint density at radius 3 is 2.52 bits per heavy atom. The van der Waals surface area contributed by atoms with Gasteiger partial charge in [0.05, 0.1) is 11.4 Å². The number of carbonyl (C=O) groups is 3. The molecule has 3 N–H and O–H groups in total. The highest BCUT2D eigenvalue weighted by atomic mass is 79.9. The first kappa shape index (κ1) is 17.2. The van der Waals surface area contributed by atoms with Gasteiger partial charge in [-0.1, -0.05) is 0 Å². The van der Waals surface area contributed by atoms with Crippen LogP contribution in [-0.4, -0.2) is 28.8 Å². The van der Waals surface area contributed by atoms with Gasteiger partial charge < -0.3 is 9.88 Å². The van der Waals surface area contributed by atoms with Crippen LogP contribution in [0.5, 0.6) is 0 Å². The smallest absolute Gasteiger partial charge is 0.286 e. The third kappa shape index (κ3) is 4.67. The molecule has 2 rings (SSSR count). The molecule has 0 bridgehead atoms. The second-order valence-corrected chi connectivity index (χ2v) is 6.95. The van der Waals surface area contributed by atoms with Crippen LogP contribution >= 0.6 is 27.3 Å².